The van der Waals surface area contributed by atoms with Crippen LogP contribution in [0.15, 0.2) is 54.7 Å². The molecule has 0 radical (unpaired) electrons. The van der Waals surface area contributed by atoms with Crippen LogP contribution in [0.1, 0.15) is 27.2 Å². The van der Waals surface area contributed by atoms with Gasteiger partial charge in [0.05, 0.1) is 0 Å². The van der Waals surface area contributed by atoms with Crippen molar-refractivity contribution in [2.75, 3.05) is 17.2 Å². The summed E-state index contributed by atoms with van der Waals surface area (Å²) < 4.78 is 12.9. The molecular formula is C21H21FN4O. The topological polar surface area (TPSA) is 66.9 Å². The Kier molecular flexibility index (Phi) is 5.76. The lowest BCUT2D eigenvalue weighted by Crippen LogP contribution is -2.16. The predicted octanol–water partition coefficient (Wildman–Crippen LogP) is 4.14. The van der Waals surface area contributed by atoms with Gasteiger partial charge in [-0.15, -0.1) is 0 Å². The average molecular weight is 364 g/mol. The minimum absolute atomic E-state index is 0.252. The van der Waals surface area contributed by atoms with E-state index in [1.807, 2.05) is 32.0 Å². The van der Waals surface area contributed by atoms with Crippen molar-refractivity contribution in [1.29, 1.82) is 0 Å². The van der Waals surface area contributed by atoms with Crippen molar-refractivity contribution in [2.24, 2.45) is 0 Å². The minimum Gasteiger partial charge on any atom is -0.354 e. The van der Waals surface area contributed by atoms with Gasteiger partial charge in [0.2, 0.25) is 5.95 Å². The maximum absolute atomic E-state index is 12.9. The van der Waals surface area contributed by atoms with Crippen LogP contribution in [-0.4, -0.2) is 22.4 Å². The normalized spacial score (nSPS) is 10.5. The van der Waals surface area contributed by atoms with Crippen molar-refractivity contribution in [1.82, 2.24) is 9.97 Å². The summed E-state index contributed by atoms with van der Waals surface area (Å²) in [6.07, 6.45) is 2.24. The van der Waals surface area contributed by atoms with Crippen molar-refractivity contribution < 1.29 is 9.18 Å². The van der Waals surface area contributed by atoms with E-state index in [0.29, 0.717) is 18.9 Å². The maximum atomic E-state index is 12.9. The van der Waals surface area contributed by atoms with Crippen LogP contribution < -0.4 is 10.6 Å². The van der Waals surface area contributed by atoms with Crippen LogP contribution in [0.3, 0.4) is 0 Å². The van der Waals surface area contributed by atoms with Crippen LogP contribution in [0.5, 0.6) is 0 Å². The van der Waals surface area contributed by atoms with Gasteiger partial charge in [-0.3, -0.25) is 4.79 Å². The summed E-state index contributed by atoms with van der Waals surface area (Å²) in [5, 5.41) is 5.94. The molecule has 27 heavy (non-hydrogen) atoms. The molecule has 2 N–H and O–H groups in total. The van der Waals surface area contributed by atoms with Crippen LogP contribution >= 0.6 is 0 Å². The molecule has 3 rings (SSSR count). The lowest BCUT2D eigenvalue weighted by molar-refractivity contribution is 0.102. The smallest absolute Gasteiger partial charge is 0.274 e. The molecule has 0 aliphatic heterocycles. The van der Waals surface area contributed by atoms with Crippen molar-refractivity contribution in [2.45, 2.75) is 20.3 Å². The molecule has 0 spiro atoms. The number of rotatable bonds is 6. The molecule has 0 atom stereocenters. The van der Waals surface area contributed by atoms with E-state index < -0.39 is 0 Å². The Morgan fingerprint density at radius 2 is 1.81 bits per heavy atom. The summed E-state index contributed by atoms with van der Waals surface area (Å²) in [4.78, 5) is 20.8. The minimum atomic E-state index is -0.290. The van der Waals surface area contributed by atoms with E-state index in [4.69, 9.17) is 0 Å². The molecular weight excluding hydrogens is 343 g/mol. The summed E-state index contributed by atoms with van der Waals surface area (Å²) in [5.41, 5.74) is 4.30. The van der Waals surface area contributed by atoms with Crippen LogP contribution in [0, 0.1) is 19.7 Å². The summed E-state index contributed by atoms with van der Waals surface area (Å²) in [5.74, 6) is -0.162. The van der Waals surface area contributed by atoms with Crippen LogP contribution in [0.25, 0.3) is 0 Å². The van der Waals surface area contributed by atoms with Crippen LogP contribution in [0.4, 0.5) is 16.0 Å². The number of hydrogen-bond acceptors (Lipinski definition) is 4. The molecule has 1 amide bonds. The fraction of sp³-hybridized carbons (Fsp3) is 0.190. The molecule has 138 valence electrons. The molecule has 0 fully saturated rings. The van der Waals surface area contributed by atoms with Crippen LogP contribution in [-0.2, 0) is 6.42 Å². The Morgan fingerprint density at radius 1 is 1.04 bits per heavy atom. The van der Waals surface area contributed by atoms with E-state index in [1.54, 1.807) is 24.4 Å². The summed E-state index contributed by atoms with van der Waals surface area (Å²) in [6.45, 7) is 4.60. The van der Waals surface area contributed by atoms with Crippen molar-refractivity contribution >= 4 is 17.5 Å². The number of anilines is 2. The number of nitrogens with one attached hydrogen (secondary N) is 2. The van der Waals surface area contributed by atoms with E-state index in [1.165, 1.54) is 17.7 Å². The number of nitrogens with zero attached hydrogens (tertiary/aromatic N) is 2. The number of halogens is 1. The molecule has 0 bridgehead atoms. The van der Waals surface area contributed by atoms with Gasteiger partial charge in [-0.25, -0.2) is 14.4 Å². The van der Waals surface area contributed by atoms with Crippen molar-refractivity contribution in [3.05, 3.63) is 82.9 Å². The van der Waals surface area contributed by atoms with Crippen molar-refractivity contribution in [3.8, 4) is 0 Å². The van der Waals surface area contributed by atoms with E-state index in [-0.39, 0.29) is 17.4 Å². The lowest BCUT2D eigenvalue weighted by Gasteiger charge is -2.09. The molecule has 6 heteroatoms. The zero-order valence-electron chi connectivity index (χ0n) is 15.3. The largest absolute Gasteiger partial charge is 0.354 e. The number of amides is 1. The highest BCUT2D eigenvalue weighted by Gasteiger charge is 2.10. The molecule has 3 aromatic rings. The quantitative estimate of drug-likeness (QED) is 0.690. The summed E-state index contributed by atoms with van der Waals surface area (Å²) in [6, 6.07) is 13.7. The second kappa shape index (κ2) is 8.40. The molecule has 0 aliphatic carbocycles. The monoisotopic (exact) mass is 364 g/mol. The fourth-order valence-corrected chi connectivity index (χ4v) is 2.55. The highest BCUT2D eigenvalue weighted by Crippen LogP contribution is 2.15. The second-order valence-corrected chi connectivity index (χ2v) is 6.32. The summed E-state index contributed by atoms with van der Waals surface area (Å²) >= 11 is 0. The average Bonchev–Trinajstić information content (AvgIpc) is 2.66. The van der Waals surface area contributed by atoms with E-state index >= 15 is 0 Å². The SMILES string of the molecule is Cc1ccc(NC(=O)c2ccnc(NCCc3ccc(F)cc3)n2)cc1C. The first-order chi connectivity index (χ1) is 13.0. The molecule has 1 aromatic heterocycles. The Balaban J connectivity index is 1.59. The molecule has 0 aliphatic rings. The van der Waals surface area contributed by atoms with Crippen molar-refractivity contribution in [3.63, 3.8) is 0 Å². The van der Waals surface area contributed by atoms with Gasteiger partial charge in [-0.2, -0.15) is 0 Å². The molecule has 0 saturated heterocycles. The number of carbonyl (C=O) groups is 1. The Hall–Kier alpha value is -3.28. The summed E-state index contributed by atoms with van der Waals surface area (Å²) in [7, 11) is 0. The van der Waals surface area contributed by atoms with E-state index in [9.17, 15) is 9.18 Å². The number of hydrogen-bond donors (Lipinski definition) is 2. The molecule has 0 unspecified atom stereocenters. The first-order valence-corrected chi connectivity index (χ1v) is 8.71. The number of aryl methyl sites for hydroxylation is 2. The first-order valence-electron chi connectivity index (χ1n) is 8.71. The first kappa shape index (κ1) is 18.5. The lowest BCUT2D eigenvalue weighted by atomic mass is 10.1. The molecule has 5 nitrogen and oxygen atoms in total. The van der Waals surface area contributed by atoms with Gasteiger partial charge < -0.3 is 10.6 Å². The Morgan fingerprint density at radius 3 is 2.56 bits per heavy atom. The molecule has 1 heterocycles. The number of carbonyl (C=O) groups excluding carboxylic acids is 1. The van der Waals surface area contributed by atoms with Gasteiger partial charge in [-0.05, 0) is 67.3 Å². The number of aromatic nitrogens is 2. The van der Waals surface area contributed by atoms with Gasteiger partial charge in [0.15, 0.2) is 0 Å². The van der Waals surface area contributed by atoms with Gasteiger partial charge in [-0.1, -0.05) is 18.2 Å². The van der Waals surface area contributed by atoms with E-state index in [0.717, 1.165) is 16.8 Å². The second-order valence-electron chi connectivity index (χ2n) is 6.32. The van der Waals surface area contributed by atoms with Gasteiger partial charge in [0.1, 0.15) is 11.5 Å². The highest BCUT2D eigenvalue weighted by atomic mass is 19.1. The third kappa shape index (κ3) is 5.10. The maximum Gasteiger partial charge on any atom is 0.274 e. The highest BCUT2D eigenvalue weighted by molar-refractivity contribution is 6.03. The third-order valence-corrected chi connectivity index (χ3v) is 4.26. The Labute approximate surface area is 157 Å². The van der Waals surface area contributed by atoms with Crippen LogP contribution in [0.2, 0.25) is 0 Å². The standard InChI is InChI=1S/C21H21FN4O/c1-14-3-8-18(13-15(14)2)25-20(27)19-10-12-24-21(26-19)23-11-9-16-4-6-17(22)7-5-16/h3-8,10,12-13H,9,11H2,1-2H3,(H,25,27)(H,23,24,26). The number of benzene rings is 2. The Bertz CT molecular complexity index is 941. The fourth-order valence-electron chi connectivity index (χ4n) is 2.55. The zero-order valence-corrected chi connectivity index (χ0v) is 15.3. The van der Waals surface area contributed by atoms with Gasteiger partial charge in [0, 0.05) is 18.4 Å². The zero-order chi connectivity index (χ0) is 19.2. The predicted molar refractivity (Wildman–Crippen MR) is 104 cm³/mol. The van der Waals surface area contributed by atoms with Gasteiger partial charge in [0.25, 0.3) is 5.91 Å². The van der Waals surface area contributed by atoms with E-state index in [2.05, 4.69) is 20.6 Å². The van der Waals surface area contributed by atoms with Gasteiger partial charge >= 0.3 is 0 Å². The molecule has 2 aromatic carbocycles. The third-order valence-electron chi connectivity index (χ3n) is 4.26. The molecule has 0 saturated carbocycles.